The molecule has 0 amide bonds. The Morgan fingerprint density at radius 2 is 1.02 bits per heavy atom. The third-order valence-corrected chi connectivity index (χ3v) is 9.30. The number of hydrogen-bond donors (Lipinski definition) is 0. The molecule has 41 heavy (non-hydrogen) atoms. The molecule has 0 N–H and O–H groups in total. The fourth-order valence-corrected chi connectivity index (χ4v) is 7.53. The lowest BCUT2D eigenvalue weighted by atomic mass is 9.79. The molecular weight excluding hydrogens is 496 g/mol. The fourth-order valence-electron chi connectivity index (χ4n) is 7.53. The van der Waals surface area contributed by atoms with E-state index in [1.165, 1.54) is 77.2 Å². The van der Waals surface area contributed by atoms with E-state index in [2.05, 4.69) is 111 Å². The van der Waals surface area contributed by atoms with Crippen molar-refractivity contribution in [1.29, 1.82) is 0 Å². The van der Waals surface area contributed by atoms with Gasteiger partial charge in [0.25, 0.3) is 0 Å². The number of fused-ring (bicyclic) bond motifs is 7. The summed E-state index contributed by atoms with van der Waals surface area (Å²) in [6.45, 7) is 4.71. The maximum absolute atomic E-state index is 4.96. The van der Waals surface area contributed by atoms with Crippen molar-refractivity contribution < 1.29 is 0 Å². The van der Waals surface area contributed by atoms with Gasteiger partial charge in [-0.2, -0.15) is 0 Å². The number of rotatable bonds is 2. The molecule has 2 nitrogen and oxygen atoms in total. The molecule has 0 radical (unpaired) electrons. The van der Waals surface area contributed by atoms with Crippen LogP contribution in [0.15, 0.2) is 122 Å². The minimum absolute atomic E-state index is 0.103. The molecule has 0 unspecified atom stereocenters. The first-order valence-corrected chi connectivity index (χ1v) is 14.3. The molecule has 0 bridgehead atoms. The lowest BCUT2D eigenvalue weighted by molar-refractivity contribution is 0.661. The molecule has 2 aliphatic rings. The maximum atomic E-state index is 4.96. The monoisotopic (exact) mass is 522 g/mol. The third-order valence-electron chi connectivity index (χ3n) is 9.30. The van der Waals surface area contributed by atoms with Gasteiger partial charge in [-0.25, -0.2) is 0 Å². The average molecular weight is 523 g/mol. The fraction of sp³-hybridized carbons (Fsp3) is 0.0769. The number of benzene rings is 5. The average Bonchev–Trinajstić information content (AvgIpc) is 3.46. The third kappa shape index (κ3) is 2.92. The van der Waals surface area contributed by atoms with Crippen molar-refractivity contribution in [2.75, 3.05) is 0 Å². The van der Waals surface area contributed by atoms with Gasteiger partial charge < -0.3 is 0 Å². The molecule has 0 fully saturated rings. The molecule has 2 aliphatic carbocycles. The van der Waals surface area contributed by atoms with Gasteiger partial charge in [-0.3, -0.25) is 9.97 Å². The van der Waals surface area contributed by atoms with E-state index >= 15 is 0 Å². The Morgan fingerprint density at radius 3 is 1.63 bits per heavy atom. The van der Waals surface area contributed by atoms with Crippen LogP contribution in [0.25, 0.3) is 77.4 Å². The lowest BCUT2D eigenvalue weighted by Gasteiger charge is -2.24. The van der Waals surface area contributed by atoms with Crippen LogP contribution in [0.2, 0.25) is 0 Å². The Bertz CT molecular complexity index is 2200. The normalized spacial score (nSPS) is 13.8. The number of nitrogens with zero attached hydrogens (tertiary/aromatic N) is 2. The second kappa shape index (κ2) is 7.99. The van der Waals surface area contributed by atoms with E-state index in [1.807, 2.05) is 24.5 Å². The molecule has 0 spiro atoms. The highest BCUT2D eigenvalue weighted by Crippen LogP contribution is 2.59. The highest BCUT2D eigenvalue weighted by Gasteiger charge is 2.38. The molecule has 2 heterocycles. The standard InChI is InChI=1S/C39H26N2/c1-39(2)30-16-4-3-13-24(30)27-21-28-29(22-31(27)39)36(33-18-6-8-20-41-33)38-26-15-10-12-23-11-9-14-25(34(23)26)37(38)35(28)32-17-5-7-19-40-32/h3-22H,1-2H3. The quantitative estimate of drug-likeness (QED) is 0.226. The number of hydrogen-bond acceptors (Lipinski definition) is 2. The largest absolute Gasteiger partial charge is 0.256 e. The van der Waals surface area contributed by atoms with Crippen molar-refractivity contribution in [2.24, 2.45) is 0 Å². The zero-order valence-electron chi connectivity index (χ0n) is 22.9. The summed E-state index contributed by atoms with van der Waals surface area (Å²) >= 11 is 0. The molecule has 2 heteroatoms. The van der Waals surface area contributed by atoms with Crippen LogP contribution in [-0.4, -0.2) is 9.97 Å². The summed E-state index contributed by atoms with van der Waals surface area (Å²) in [5, 5.41) is 5.02. The van der Waals surface area contributed by atoms with Crippen LogP contribution in [0.5, 0.6) is 0 Å². The van der Waals surface area contributed by atoms with Gasteiger partial charge in [0, 0.05) is 40.1 Å². The van der Waals surface area contributed by atoms with E-state index in [-0.39, 0.29) is 5.41 Å². The van der Waals surface area contributed by atoms with Crippen LogP contribution >= 0.6 is 0 Å². The van der Waals surface area contributed by atoms with Gasteiger partial charge in [-0.1, -0.05) is 86.6 Å². The SMILES string of the molecule is CC1(C)c2ccccc2-c2cc3c(-c4ccccn4)c4c(c(-c5ccccn5)c3cc21)-c1cccc2cccc-4c12. The number of pyridine rings is 2. The summed E-state index contributed by atoms with van der Waals surface area (Å²) in [5.41, 5.74) is 14.7. The minimum Gasteiger partial charge on any atom is -0.256 e. The highest BCUT2D eigenvalue weighted by atomic mass is 14.7. The Labute approximate surface area is 239 Å². The van der Waals surface area contributed by atoms with Crippen molar-refractivity contribution in [3.05, 3.63) is 133 Å². The summed E-state index contributed by atoms with van der Waals surface area (Å²) in [6.07, 6.45) is 3.82. The van der Waals surface area contributed by atoms with Crippen LogP contribution in [0, 0.1) is 0 Å². The van der Waals surface area contributed by atoms with Crippen molar-refractivity contribution in [2.45, 2.75) is 19.3 Å². The van der Waals surface area contributed by atoms with Crippen LogP contribution in [0.3, 0.4) is 0 Å². The van der Waals surface area contributed by atoms with Crippen molar-refractivity contribution in [3.63, 3.8) is 0 Å². The predicted molar refractivity (Wildman–Crippen MR) is 170 cm³/mol. The second-order valence-electron chi connectivity index (χ2n) is 11.8. The summed E-state index contributed by atoms with van der Waals surface area (Å²) in [6, 6.07) is 39.7. The minimum atomic E-state index is -0.103. The van der Waals surface area contributed by atoms with Crippen LogP contribution < -0.4 is 0 Å². The predicted octanol–water partition coefficient (Wildman–Crippen LogP) is 10.1. The smallest absolute Gasteiger partial charge is 0.0714 e. The van der Waals surface area contributed by atoms with Crippen molar-refractivity contribution in [3.8, 4) is 55.9 Å². The molecule has 0 saturated carbocycles. The zero-order chi connectivity index (χ0) is 27.3. The van der Waals surface area contributed by atoms with Gasteiger partial charge >= 0.3 is 0 Å². The second-order valence-corrected chi connectivity index (χ2v) is 11.8. The van der Waals surface area contributed by atoms with Crippen molar-refractivity contribution >= 4 is 21.5 Å². The summed E-state index contributed by atoms with van der Waals surface area (Å²) in [5.74, 6) is 0. The molecule has 0 saturated heterocycles. The van der Waals surface area contributed by atoms with Gasteiger partial charge in [-0.15, -0.1) is 0 Å². The van der Waals surface area contributed by atoms with E-state index in [4.69, 9.17) is 9.97 Å². The zero-order valence-corrected chi connectivity index (χ0v) is 22.9. The summed E-state index contributed by atoms with van der Waals surface area (Å²) < 4.78 is 0. The van der Waals surface area contributed by atoms with Gasteiger partial charge in [-0.05, 0) is 91.3 Å². The van der Waals surface area contributed by atoms with E-state index in [0.29, 0.717) is 0 Å². The molecule has 0 aliphatic heterocycles. The van der Waals surface area contributed by atoms with Crippen LogP contribution in [0.1, 0.15) is 25.0 Å². The first-order chi connectivity index (χ1) is 20.1. The Hall–Kier alpha value is -5.08. The topological polar surface area (TPSA) is 25.8 Å². The Kier molecular flexibility index (Phi) is 4.42. The van der Waals surface area contributed by atoms with Gasteiger partial charge in [0.15, 0.2) is 0 Å². The molecular formula is C39H26N2. The first kappa shape index (κ1) is 22.7. The van der Waals surface area contributed by atoms with Gasteiger partial charge in [0.2, 0.25) is 0 Å². The maximum Gasteiger partial charge on any atom is 0.0714 e. The van der Waals surface area contributed by atoms with Gasteiger partial charge in [0.1, 0.15) is 0 Å². The molecule has 2 aromatic heterocycles. The van der Waals surface area contributed by atoms with E-state index in [0.717, 1.165) is 11.4 Å². The van der Waals surface area contributed by atoms with E-state index in [9.17, 15) is 0 Å². The first-order valence-electron chi connectivity index (χ1n) is 14.3. The molecule has 7 aromatic rings. The Morgan fingerprint density at radius 1 is 0.463 bits per heavy atom. The van der Waals surface area contributed by atoms with Gasteiger partial charge in [0.05, 0.1) is 11.4 Å². The Balaban J connectivity index is 1.55. The molecule has 0 atom stereocenters. The van der Waals surface area contributed by atoms with E-state index in [1.54, 1.807) is 0 Å². The molecule has 9 rings (SSSR count). The van der Waals surface area contributed by atoms with Crippen molar-refractivity contribution in [1.82, 2.24) is 9.97 Å². The molecule has 192 valence electrons. The summed E-state index contributed by atoms with van der Waals surface area (Å²) in [4.78, 5) is 9.92. The van der Waals surface area contributed by atoms with E-state index < -0.39 is 0 Å². The highest BCUT2D eigenvalue weighted by molar-refractivity contribution is 6.27. The molecule has 5 aromatic carbocycles. The van der Waals surface area contributed by atoms with Crippen LogP contribution in [-0.2, 0) is 5.41 Å². The summed E-state index contributed by atoms with van der Waals surface area (Å²) in [7, 11) is 0. The van der Waals surface area contributed by atoms with Crippen LogP contribution in [0.4, 0.5) is 0 Å². The lowest BCUT2D eigenvalue weighted by Crippen LogP contribution is -2.14. The number of aromatic nitrogens is 2.